The summed E-state index contributed by atoms with van der Waals surface area (Å²) in [6.07, 6.45) is 3.90. The summed E-state index contributed by atoms with van der Waals surface area (Å²) in [6.45, 7) is 0. The molecule has 0 aliphatic heterocycles. The van der Waals surface area contributed by atoms with Gasteiger partial charge in [-0.2, -0.15) is 0 Å². The van der Waals surface area contributed by atoms with E-state index < -0.39 is 0 Å². The van der Waals surface area contributed by atoms with Gasteiger partial charge in [0.15, 0.2) is 0 Å². The van der Waals surface area contributed by atoms with Gasteiger partial charge in [-0.15, -0.1) is 0 Å². The first-order valence-corrected chi connectivity index (χ1v) is 4.04. The van der Waals surface area contributed by atoms with Crippen molar-refractivity contribution >= 4 is 5.91 Å². The molecule has 2 aliphatic carbocycles. The van der Waals surface area contributed by atoms with Crippen molar-refractivity contribution in [3.63, 3.8) is 0 Å². The standard InChI is InChI=1S/C8H13NO/c1-9-8(10)7-4-6(7)5-2-3-5/h5-7H,2-4H2,1H3,(H,9,10). The van der Waals surface area contributed by atoms with Gasteiger partial charge in [0.25, 0.3) is 0 Å². The zero-order valence-corrected chi connectivity index (χ0v) is 6.26. The molecule has 0 heterocycles. The Morgan fingerprint density at radius 1 is 1.50 bits per heavy atom. The summed E-state index contributed by atoms with van der Waals surface area (Å²) in [7, 11) is 1.73. The Bertz CT molecular complexity index is 163. The number of hydrogen-bond acceptors (Lipinski definition) is 1. The van der Waals surface area contributed by atoms with Crippen LogP contribution in [0.15, 0.2) is 0 Å². The quantitative estimate of drug-likeness (QED) is 0.601. The number of amides is 1. The van der Waals surface area contributed by atoms with Crippen molar-refractivity contribution in [3.05, 3.63) is 0 Å². The van der Waals surface area contributed by atoms with E-state index in [1.807, 2.05) is 0 Å². The average molecular weight is 139 g/mol. The maximum atomic E-state index is 11.0. The highest BCUT2D eigenvalue weighted by molar-refractivity contribution is 5.81. The molecule has 2 unspecified atom stereocenters. The molecule has 2 rings (SSSR count). The molecule has 0 radical (unpaired) electrons. The molecule has 0 aromatic rings. The Morgan fingerprint density at radius 2 is 2.20 bits per heavy atom. The molecule has 2 fully saturated rings. The summed E-state index contributed by atoms with van der Waals surface area (Å²) >= 11 is 0. The Labute approximate surface area is 61.0 Å². The molecule has 0 saturated heterocycles. The predicted octanol–water partition coefficient (Wildman–Crippen LogP) is 0.778. The van der Waals surface area contributed by atoms with E-state index in [0.717, 1.165) is 18.3 Å². The molecule has 1 amide bonds. The Kier molecular flexibility index (Phi) is 1.22. The van der Waals surface area contributed by atoms with Gasteiger partial charge in [0.2, 0.25) is 5.91 Å². The molecule has 0 aromatic heterocycles. The molecule has 0 aromatic carbocycles. The predicted molar refractivity (Wildman–Crippen MR) is 38.4 cm³/mol. The third-order valence-corrected chi connectivity index (χ3v) is 2.65. The van der Waals surface area contributed by atoms with Gasteiger partial charge in [-0.3, -0.25) is 4.79 Å². The minimum Gasteiger partial charge on any atom is -0.359 e. The number of hydrogen-bond donors (Lipinski definition) is 1. The molecular weight excluding hydrogens is 126 g/mol. The summed E-state index contributed by atoms with van der Waals surface area (Å²) in [5.74, 6) is 2.33. The molecule has 2 atom stereocenters. The van der Waals surface area contributed by atoms with Crippen LogP contribution in [-0.4, -0.2) is 13.0 Å². The minimum absolute atomic E-state index is 0.261. The van der Waals surface area contributed by atoms with E-state index in [9.17, 15) is 4.79 Å². The molecule has 1 N–H and O–H groups in total. The number of rotatable bonds is 2. The molecular formula is C8H13NO. The van der Waals surface area contributed by atoms with Crippen molar-refractivity contribution < 1.29 is 4.79 Å². The van der Waals surface area contributed by atoms with E-state index in [2.05, 4.69) is 5.32 Å². The van der Waals surface area contributed by atoms with Crippen molar-refractivity contribution in [1.82, 2.24) is 5.32 Å². The molecule has 56 valence electrons. The molecule has 2 saturated carbocycles. The summed E-state index contributed by atoms with van der Waals surface area (Å²) < 4.78 is 0. The minimum atomic E-state index is 0.261. The Morgan fingerprint density at radius 3 is 2.70 bits per heavy atom. The maximum Gasteiger partial charge on any atom is 0.223 e. The van der Waals surface area contributed by atoms with Gasteiger partial charge >= 0.3 is 0 Å². The monoisotopic (exact) mass is 139 g/mol. The van der Waals surface area contributed by atoms with Crippen LogP contribution in [-0.2, 0) is 4.79 Å². The lowest BCUT2D eigenvalue weighted by molar-refractivity contribution is -0.122. The van der Waals surface area contributed by atoms with Crippen LogP contribution in [0.5, 0.6) is 0 Å². The summed E-state index contributed by atoms with van der Waals surface area (Å²) in [5, 5.41) is 2.70. The maximum absolute atomic E-state index is 11.0. The molecule has 2 aliphatic rings. The fourth-order valence-electron chi connectivity index (χ4n) is 1.75. The van der Waals surface area contributed by atoms with Gasteiger partial charge in [0, 0.05) is 13.0 Å². The molecule has 0 bridgehead atoms. The van der Waals surface area contributed by atoms with E-state index in [4.69, 9.17) is 0 Å². The van der Waals surface area contributed by atoms with Crippen molar-refractivity contribution in [2.45, 2.75) is 19.3 Å². The van der Waals surface area contributed by atoms with Crippen LogP contribution < -0.4 is 5.32 Å². The fourth-order valence-corrected chi connectivity index (χ4v) is 1.75. The third kappa shape index (κ3) is 0.917. The third-order valence-electron chi connectivity index (χ3n) is 2.65. The Hall–Kier alpha value is -0.530. The first-order valence-electron chi connectivity index (χ1n) is 4.04. The lowest BCUT2D eigenvalue weighted by Crippen LogP contribution is -2.20. The van der Waals surface area contributed by atoms with Crippen LogP contribution in [0.4, 0.5) is 0 Å². The lowest BCUT2D eigenvalue weighted by Gasteiger charge is -1.94. The highest BCUT2D eigenvalue weighted by atomic mass is 16.1. The highest BCUT2D eigenvalue weighted by Gasteiger charge is 2.50. The van der Waals surface area contributed by atoms with Crippen molar-refractivity contribution in [2.24, 2.45) is 17.8 Å². The van der Waals surface area contributed by atoms with Crippen molar-refractivity contribution in [2.75, 3.05) is 7.05 Å². The van der Waals surface area contributed by atoms with Crippen LogP contribution in [0.1, 0.15) is 19.3 Å². The number of carbonyl (C=O) groups is 1. The molecule has 0 spiro atoms. The van der Waals surface area contributed by atoms with Crippen molar-refractivity contribution in [1.29, 1.82) is 0 Å². The second-order valence-corrected chi connectivity index (χ2v) is 3.46. The van der Waals surface area contributed by atoms with Gasteiger partial charge in [-0.25, -0.2) is 0 Å². The smallest absolute Gasteiger partial charge is 0.223 e. The van der Waals surface area contributed by atoms with E-state index in [0.29, 0.717) is 5.92 Å². The second kappa shape index (κ2) is 1.97. The Balaban J connectivity index is 1.82. The molecule has 10 heavy (non-hydrogen) atoms. The normalized spacial score (nSPS) is 37.3. The van der Waals surface area contributed by atoms with Gasteiger partial charge in [-0.1, -0.05) is 0 Å². The topological polar surface area (TPSA) is 29.1 Å². The van der Waals surface area contributed by atoms with E-state index >= 15 is 0 Å². The van der Waals surface area contributed by atoms with Gasteiger partial charge in [0.1, 0.15) is 0 Å². The van der Waals surface area contributed by atoms with Crippen LogP contribution in [0, 0.1) is 17.8 Å². The van der Waals surface area contributed by atoms with Gasteiger partial charge in [-0.05, 0) is 31.1 Å². The number of carbonyl (C=O) groups excluding carboxylic acids is 1. The summed E-state index contributed by atoms with van der Waals surface area (Å²) in [4.78, 5) is 11.0. The fraction of sp³-hybridized carbons (Fsp3) is 0.875. The first-order chi connectivity index (χ1) is 4.83. The second-order valence-electron chi connectivity index (χ2n) is 3.46. The van der Waals surface area contributed by atoms with E-state index in [1.54, 1.807) is 7.05 Å². The zero-order chi connectivity index (χ0) is 7.14. The summed E-state index contributed by atoms with van der Waals surface area (Å²) in [6, 6.07) is 0. The van der Waals surface area contributed by atoms with Crippen LogP contribution in [0.3, 0.4) is 0 Å². The molecule has 2 heteroatoms. The first kappa shape index (κ1) is 6.20. The molecule has 2 nitrogen and oxygen atoms in total. The zero-order valence-electron chi connectivity index (χ0n) is 6.26. The largest absolute Gasteiger partial charge is 0.359 e. The van der Waals surface area contributed by atoms with Crippen LogP contribution in [0.2, 0.25) is 0 Å². The lowest BCUT2D eigenvalue weighted by atomic mass is 10.2. The van der Waals surface area contributed by atoms with Crippen LogP contribution in [0.25, 0.3) is 0 Å². The van der Waals surface area contributed by atoms with E-state index in [1.165, 1.54) is 12.8 Å². The number of nitrogens with one attached hydrogen (secondary N) is 1. The van der Waals surface area contributed by atoms with E-state index in [-0.39, 0.29) is 5.91 Å². The summed E-state index contributed by atoms with van der Waals surface area (Å²) in [5.41, 5.74) is 0. The van der Waals surface area contributed by atoms with Crippen molar-refractivity contribution in [3.8, 4) is 0 Å². The van der Waals surface area contributed by atoms with Gasteiger partial charge < -0.3 is 5.32 Å². The van der Waals surface area contributed by atoms with Gasteiger partial charge in [0.05, 0.1) is 0 Å². The van der Waals surface area contributed by atoms with Crippen LogP contribution >= 0.6 is 0 Å². The average Bonchev–Trinajstić information content (AvgIpc) is 2.74. The highest BCUT2D eigenvalue weighted by Crippen LogP contribution is 2.54. The SMILES string of the molecule is CNC(=O)C1CC1C1CC1.